The predicted molar refractivity (Wildman–Crippen MR) is 372 cm³/mol. The Bertz CT molecular complexity index is 2530. The second-order valence-corrected chi connectivity index (χ2v) is 66.3. The van der Waals surface area contributed by atoms with E-state index in [0.29, 0.717) is 0 Å². The van der Waals surface area contributed by atoms with Crippen LogP contribution in [0.25, 0.3) is 0 Å². The van der Waals surface area contributed by atoms with Crippen molar-refractivity contribution in [3.63, 3.8) is 0 Å². The van der Waals surface area contributed by atoms with E-state index in [1.807, 2.05) is 0 Å². The molecular weight excluding hydrogens is 1160 g/mol. The number of allylic oxidation sites excluding steroid dienone is 8. The average Bonchev–Trinajstić information content (AvgIpc) is 2.70. The monoisotopic (exact) mass is 1280 g/mol. The third-order valence-electron chi connectivity index (χ3n) is 22.9. The Morgan fingerprint density at radius 3 is 0.845 bits per heavy atom. The first-order valence-corrected chi connectivity index (χ1v) is 57.2. The highest BCUT2D eigenvalue weighted by atomic mass is 28.5. The van der Waals surface area contributed by atoms with Gasteiger partial charge in [-0.05, 0) is 275 Å². The minimum absolute atomic E-state index is 0.808. The fourth-order valence-electron chi connectivity index (χ4n) is 18.5. The summed E-state index contributed by atoms with van der Waals surface area (Å²) in [5.41, 5.74) is 0. The maximum atomic E-state index is 7.75. The van der Waals surface area contributed by atoms with Crippen LogP contribution in [0.1, 0.15) is 109 Å². The standard InChI is InChI=1S/C39H64O3Si4.C31H52O3Si4/c1-43(2,21-18-36-27-30-12-15-33(36)24-30)40-46(39-10-8-7-9-11-39,41-44(3,4)22-19-37-28-31-13-16-34(37)25-31)42-45(5,6)23-20-38-29-32-14-17-35(38)26-32;1-35(2,3)32-38(31-11-9-8-10-12-31,33-36(4,5)19-17-29-23-25-13-15-27(29)21-25)34-37(6,7)20-18-30-24-26-14-16-28(30)22-26/h7-13,15-16,30-38H,14,17-29H2,1-6H3;8-16,25-30H,17-24H2,1-7H3. The first-order chi connectivity index (χ1) is 39.7. The van der Waals surface area contributed by atoms with Crippen LogP contribution in [0.4, 0.5) is 0 Å². The van der Waals surface area contributed by atoms with Gasteiger partial charge in [-0.15, -0.1) is 0 Å². The summed E-state index contributed by atoms with van der Waals surface area (Å²) in [6, 6.07) is 28.0. The Morgan fingerprint density at radius 2 is 0.607 bits per heavy atom. The molecule has 0 amide bonds. The summed E-state index contributed by atoms with van der Waals surface area (Å²) in [5, 5.41) is 2.40. The van der Waals surface area contributed by atoms with E-state index in [-0.39, 0.29) is 0 Å². The van der Waals surface area contributed by atoms with Crippen molar-refractivity contribution in [2.24, 2.45) is 88.8 Å². The van der Waals surface area contributed by atoms with Gasteiger partial charge < -0.3 is 24.7 Å². The van der Waals surface area contributed by atoms with Gasteiger partial charge in [0.25, 0.3) is 0 Å². The number of hydrogen-bond acceptors (Lipinski definition) is 6. The molecule has 0 spiro atoms. The van der Waals surface area contributed by atoms with Crippen LogP contribution in [0, 0.1) is 88.8 Å². The second-order valence-electron chi connectivity index (χ2n) is 33.7. The summed E-state index contributed by atoms with van der Waals surface area (Å²) in [6.45, 7) is 31.5. The molecule has 84 heavy (non-hydrogen) atoms. The minimum Gasteiger partial charge on any atom is -0.414 e. The Kier molecular flexibility index (Phi) is 19.9. The molecule has 15 unspecified atom stereocenters. The lowest BCUT2D eigenvalue weighted by Crippen LogP contribution is -2.68. The molecule has 12 rings (SSSR count). The summed E-state index contributed by atoms with van der Waals surface area (Å²) >= 11 is 0. The van der Waals surface area contributed by atoms with E-state index in [4.69, 9.17) is 24.7 Å². The fourth-order valence-corrected chi connectivity index (χ4v) is 51.0. The largest absolute Gasteiger partial charge is 0.505 e. The highest BCUT2D eigenvalue weighted by Gasteiger charge is 2.57. The van der Waals surface area contributed by atoms with Gasteiger partial charge in [0.15, 0.2) is 49.9 Å². The molecule has 6 nitrogen and oxygen atoms in total. The first kappa shape index (κ1) is 64.4. The molecule has 14 heteroatoms. The predicted octanol–water partition coefficient (Wildman–Crippen LogP) is 18.9. The van der Waals surface area contributed by atoms with Gasteiger partial charge in [0, 0.05) is 10.4 Å². The lowest BCUT2D eigenvalue weighted by Gasteiger charge is -2.45. The molecule has 464 valence electrons. The van der Waals surface area contributed by atoms with Crippen LogP contribution in [-0.2, 0) is 24.7 Å². The van der Waals surface area contributed by atoms with Gasteiger partial charge in [0.2, 0.25) is 0 Å². The molecule has 10 aliphatic carbocycles. The van der Waals surface area contributed by atoms with Gasteiger partial charge in [-0.25, -0.2) is 0 Å². The molecule has 2 aromatic rings. The van der Waals surface area contributed by atoms with Gasteiger partial charge >= 0.3 is 17.6 Å². The molecular formula is C70H116O6Si8. The zero-order chi connectivity index (χ0) is 59.3. The summed E-state index contributed by atoms with van der Waals surface area (Å²) in [5.74, 6) is 12.9. The summed E-state index contributed by atoms with van der Waals surface area (Å²) in [4.78, 5) is 0. The van der Waals surface area contributed by atoms with Gasteiger partial charge in [0.1, 0.15) is 0 Å². The molecule has 0 N–H and O–H groups in total. The van der Waals surface area contributed by atoms with E-state index in [1.165, 1.54) is 150 Å². The van der Waals surface area contributed by atoms with Crippen LogP contribution in [0.2, 0.25) is 115 Å². The maximum absolute atomic E-state index is 7.75. The van der Waals surface area contributed by atoms with Crippen molar-refractivity contribution in [1.82, 2.24) is 0 Å². The van der Waals surface area contributed by atoms with Gasteiger partial charge in [0.05, 0.1) is 0 Å². The van der Waals surface area contributed by atoms with E-state index >= 15 is 0 Å². The lowest BCUT2D eigenvalue weighted by molar-refractivity contribution is 0.260. The lowest BCUT2D eigenvalue weighted by atomic mass is 9.87. The summed E-state index contributed by atoms with van der Waals surface area (Å²) in [6.07, 6.45) is 43.5. The van der Waals surface area contributed by atoms with E-state index < -0.39 is 67.5 Å². The Balaban J connectivity index is 0.000000179. The molecule has 2 aromatic carbocycles. The van der Waals surface area contributed by atoms with Crippen LogP contribution < -0.4 is 10.4 Å². The van der Waals surface area contributed by atoms with Crippen molar-refractivity contribution in [3.05, 3.63) is 109 Å². The molecule has 0 heterocycles. The zero-order valence-corrected chi connectivity index (χ0v) is 63.1. The molecule has 10 aliphatic rings. The number of hydrogen-bond donors (Lipinski definition) is 0. The first-order valence-electron chi connectivity index (χ1n) is 34.7. The van der Waals surface area contributed by atoms with E-state index in [9.17, 15) is 0 Å². The average molecular weight is 1280 g/mol. The van der Waals surface area contributed by atoms with Crippen LogP contribution in [-0.4, -0.2) is 67.5 Å². The van der Waals surface area contributed by atoms with Crippen molar-refractivity contribution in [2.45, 2.75) is 224 Å². The fraction of sp³-hybridized carbons (Fsp3) is 0.714. The van der Waals surface area contributed by atoms with Crippen molar-refractivity contribution in [2.75, 3.05) is 0 Å². The highest BCUT2D eigenvalue weighted by Crippen LogP contribution is 2.52. The number of fused-ring (bicyclic) bond motifs is 10. The SMILES string of the molecule is C[Si](C)(C)O[Si](O[Si](C)(C)CCC1CC2C=CC1C2)(O[Si](C)(C)CCC1CC2C=CC1C2)c1ccccc1.C[Si](C)(CCC1CC2C=CC1C2)O[Si](O[Si](C)(C)CCC1CC2C=CC1C2)(O[Si](C)(C)CCC1CC2CCC1C2)c1ccccc1. The Morgan fingerprint density at radius 1 is 0.310 bits per heavy atom. The smallest absolute Gasteiger partial charge is 0.414 e. The molecule has 0 radical (unpaired) electrons. The highest BCUT2D eigenvalue weighted by molar-refractivity contribution is 6.97. The van der Waals surface area contributed by atoms with E-state index in [1.54, 1.807) is 0 Å². The van der Waals surface area contributed by atoms with Gasteiger partial charge in [-0.1, -0.05) is 148 Å². The number of rotatable bonds is 29. The van der Waals surface area contributed by atoms with Crippen molar-refractivity contribution < 1.29 is 24.7 Å². The normalized spacial score (nSPS) is 34.1. The quantitative estimate of drug-likeness (QED) is 0.0598. The van der Waals surface area contributed by atoms with Crippen molar-refractivity contribution in [1.29, 1.82) is 0 Å². The van der Waals surface area contributed by atoms with Crippen molar-refractivity contribution in [3.8, 4) is 0 Å². The van der Waals surface area contributed by atoms with Gasteiger partial charge in [-0.3, -0.25) is 0 Å². The Hall–Kier alpha value is -1.10. The zero-order valence-electron chi connectivity index (χ0n) is 55.1. The van der Waals surface area contributed by atoms with Crippen molar-refractivity contribution >= 4 is 77.9 Å². The topological polar surface area (TPSA) is 55.4 Å². The van der Waals surface area contributed by atoms with Crippen LogP contribution in [0.15, 0.2) is 109 Å². The second kappa shape index (κ2) is 25.9. The third-order valence-corrected chi connectivity index (χ3v) is 52.4. The van der Waals surface area contributed by atoms with Gasteiger partial charge in [-0.2, -0.15) is 0 Å². The van der Waals surface area contributed by atoms with E-state index in [2.05, 4.69) is 194 Å². The van der Waals surface area contributed by atoms with Crippen LogP contribution in [0.3, 0.4) is 0 Å². The van der Waals surface area contributed by atoms with Crippen LogP contribution >= 0.6 is 0 Å². The molecule has 0 aliphatic heterocycles. The Labute approximate surface area is 521 Å². The molecule has 0 saturated heterocycles. The molecule has 6 fully saturated rings. The molecule has 15 atom stereocenters. The molecule has 6 saturated carbocycles. The van der Waals surface area contributed by atoms with E-state index in [0.717, 1.165) is 88.8 Å². The maximum Gasteiger partial charge on any atom is 0.505 e. The molecule has 0 aromatic heterocycles. The minimum atomic E-state index is -3.20. The third kappa shape index (κ3) is 16.3. The summed E-state index contributed by atoms with van der Waals surface area (Å²) in [7, 11) is -18.7. The molecule has 10 bridgehead atoms. The number of benzene rings is 2. The van der Waals surface area contributed by atoms with Crippen LogP contribution in [0.5, 0.6) is 0 Å². The summed E-state index contributed by atoms with van der Waals surface area (Å²) < 4.78 is 45.3.